The standard InChI is InChI=1S/C35H24Cl2N2O3/c36-28-17-13-24(31(37)22-28)16-20-33(40)25-14-18-29(19-15-25)38-35(42)32(39-34(41)26-8-2-1-3-9-26)21-27-11-6-10-23-7-4-5-12-30(23)27/h1-22H,(H,38,42)(H,39,41)/b20-16+,32-21-. The van der Waals surface area contributed by atoms with Crippen LogP contribution in [0.15, 0.2) is 127 Å². The number of nitrogens with one attached hydrogen (secondary N) is 2. The van der Waals surface area contributed by atoms with E-state index in [0.717, 1.165) is 16.3 Å². The Labute approximate surface area is 253 Å². The Hall–Kier alpha value is -4.97. The van der Waals surface area contributed by atoms with E-state index in [1.54, 1.807) is 78.9 Å². The Bertz CT molecular complexity index is 1840. The maximum atomic E-state index is 13.5. The fourth-order valence-corrected chi connectivity index (χ4v) is 4.76. The Balaban J connectivity index is 1.36. The average molecular weight is 591 g/mol. The van der Waals surface area contributed by atoms with Gasteiger partial charge >= 0.3 is 0 Å². The van der Waals surface area contributed by atoms with E-state index < -0.39 is 11.8 Å². The lowest BCUT2D eigenvalue weighted by atomic mass is 10.0. The summed E-state index contributed by atoms with van der Waals surface area (Å²) in [5.74, 6) is -1.15. The van der Waals surface area contributed by atoms with E-state index in [4.69, 9.17) is 23.2 Å². The smallest absolute Gasteiger partial charge is 0.272 e. The van der Waals surface area contributed by atoms with Gasteiger partial charge in [0.25, 0.3) is 11.8 Å². The SMILES string of the molecule is O=C(Nc1ccc(C(=O)/C=C/c2ccc(Cl)cc2Cl)cc1)/C(=C/c1cccc2ccccc12)NC(=O)c1ccccc1. The number of anilines is 1. The molecule has 0 heterocycles. The number of halogens is 2. The number of allylic oxidation sites excluding steroid dienone is 1. The molecule has 0 saturated heterocycles. The minimum atomic E-state index is -0.511. The van der Waals surface area contributed by atoms with Gasteiger partial charge in [-0.3, -0.25) is 14.4 Å². The third-order valence-corrected chi connectivity index (χ3v) is 7.02. The van der Waals surface area contributed by atoms with E-state index in [9.17, 15) is 14.4 Å². The molecule has 206 valence electrons. The molecular weight excluding hydrogens is 567 g/mol. The molecule has 0 aliphatic carbocycles. The highest BCUT2D eigenvalue weighted by atomic mass is 35.5. The van der Waals surface area contributed by atoms with Gasteiger partial charge in [-0.1, -0.05) is 89.9 Å². The van der Waals surface area contributed by atoms with Crippen LogP contribution >= 0.6 is 23.2 Å². The first-order valence-electron chi connectivity index (χ1n) is 13.0. The van der Waals surface area contributed by atoms with E-state index in [2.05, 4.69) is 10.6 Å². The van der Waals surface area contributed by atoms with Gasteiger partial charge in [0.05, 0.1) is 0 Å². The minimum absolute atomic E-state index is 0.0723. The van der Waals surface area contributed by atoms with Crippen LogP contribution in [-0.2, 0) is 4.79 Å². The molecule has 5 aromatic carbocycles. The van der Waals surface area contributed by atoms with Crippen LogP contribution in [0.4, 0.5) is 5.69 Å². The summed E-state index contributed by atoms with van der Waals surface area (Å²) in [6.07, 6.45) is 4.70. The molecule has 7 heteroatoms. The Morgan fingerprint density at radius 3 is 2.14 bits per heavy atom. The van der Waals surface area contributed by atoms with Crippen molar-refractivity contribution in [1.82, 2.24) is 5.32 Å². The summed E-state index contributed by atoms with van der Waals surface area (Å²) in [5, 5.41) is 8.49. The van der Waals surface area contributed by atoms with Crippen LogP contribution in [0.25, 0.3) is 22.9 Å². The van der Waals surface area contributed by atoms with Crippen molar-refractivity contribution in [3.05, 3.63) is 159 Å². The first kappa shape index (κ1) is 28.6. The van der Waals surface area contributed by atoms with Crippen LogP contribution in [0.1, 0.15) is 31.8 Å². The number of fused-ring (bicyclic) bond motifs is 1. The number of hydrogen-bond acceptors (Lipinski definition) is 3. The molecule has 0 saturated carbocycles. The number of carbonyl (C=O) groups is 3. The van der Waals surface area contributed by atoms with Gasteiger partial charge in [0.15, 0.2) is 5.78 Å². The van der Waals surface area contributed by atoms with Gasteiger partial charge in [-0.25, -0.2) is 0 Å². The van der Waals surface area contributed by atoms with Crippen LogP contribution in [0.5, 0.6) is 0 Å². The summed E-state index contributed by atoms with van der Waals surface area (Å²) in [6.45, 7) is 0. The molecule has 0 unspecified atom stereocenters. The normalized spacial score (nSPS) is 11.4. The Morgan fingerprint density at radius 2 is 1.38 bits per heavy atom. The predicted octanol–water partition coefficient (Wildman–Crippen LogP) is 8.45. The number of amides is 2. The summed E-state index contributed by atoms with van der Waals surface area (Å²) >= 11 is 12.1. The van der Waals surface area contributed by atoms with Crippen LogP contribution < -0.4 is 10.6 Å². The molecule has 0 radical (unpaired) electrons. The molecule has 5 rings (SSSR count). The minimum Gasteiger partial charge on any atom is -0.321 e. The maximum absolute atomic E-state index is 13.5. The zero-order valence-corrected chi connectivity index (χ0v) is 23.7. The van der Waals surface area contributed by atoms with Gasteiger partial charge < -0.3 is 10.6 Å². The van der Waals surface area contributed by atoms with Crippen molar-refractivity contribution in [2.24, 2.45) is 0 Å². The molecule has 0 aliphatic heterocycles. The lowest BCUT2D eigenvalue weighted by Crippen LogP contribution is -2.30. The molecule has 0 atom stereocenters. The number of rotatable bonds is 8. The van der Waals surface area contributed by atoms with Crippen LogP contribution in [0, 0.1) is 0 Å². The fourth-order valence-electron chi connectivity index (χ4n) is 4.29. The third-order valence-electron chi connectivity index (χ3n) is 6.46. The van der Waals surface area contributed by atoms with Gasteiger partial charge in [0, 0.05) is 26.9 Å². The first-order valence-corrected chi connectivity index (χ1v) is 13.8. The molecular formula is C35H24Cl2N2O3. The van der Waals surface area contributed by atoms with Crippen molar-refractivity contribution in [1.29, 1.82) is 0 Å². The zero-order valence-electron chi connectivity index (χ0n) is 22.2. The molecule has 0 aromatic heterocycles. The second-order valence-electron chi connectivity index (χ2n) is 9.34. The summed E-state index contributed by atoms with van der Waals surface area (Å²) in [7, 11) is 0. The molecule has 0 spiro atoms. The monoisotopic (exact) mass is 590 g/mol. The fraction of sp³-hybridized carbons (Fsp3) is 0. The Morgan fingerprint density at radius 1 is 0.667 bits per heavy atom. The Kier molecular flexibility index (Phi) is 8.93. The maximum Gasteiger partial charge on any atom is 0.272 e. The number of carbonyl (C=O) groups excluding carboxylic acids is 3. The number of benzene rings is 5. The molecule has 5 aromatic rings. The summed E-state index contributed by atoms with van der Waals surface area (Å²) in [4.78, 5) is 39.2. The topological polar surface area (TPSA) is 75.3 Å². The van der Waals surface area contributed by atoms with Gasteiger partial charge in [-0.05, 0) is 88.7 Å². The van der Waals surface area contributed by atoms with Crippen molar-refractivity contribution in [2.45, 2.75) is 0 Å². The zero-order chi connectivity index (χ0) is 29.5. The summed E-state index contributed by atoms with van der Waals surface area (Å²) in [5.41, 5.74) is 2.83. The number of ketones is 1. The highest BCUT2D eigenvalue weighted by molar-refractivity contribution is 6.35. The molecule has 0 bridgehead atoms. The average Bonchev–Trinajstić information content (AvgIpc) is 3.01. The van der Waals surface area contributed by atoms with Gasteiger partial charge in [-0.15, -0.1) is 0 Å². The van der Waals surface area contributed by atoms with Crippen LogP contribution in [-0.4, -0.2) is 17.6 Å². The predicted molar refractivity (Wildman–Crippen MR) is 171 cm³/mol. The van der Waals surface area contributed by atoms with Gasteiger partial charge in [-0.2, -0.15) is 0 Å². The first-order chi connectivity index (χ1) is 20.4. The lowest BCUT2D eigenvalue weighted by Gasteiger charge is -2.12. The molecule has 0 fully saturated rings. The van der Waals surface area contributed by atoms with Crippen LogP contribution in [0.3, 0.4) is 0 Å². The molecule has 2 amide bonds. The second-order valence-corrected chi connectivity index (χ2v) is 10.2. The van der Waals surface area contributed by atoms with Gasteiger partial charge in [0.1, 0.15) is 5.70 Å². The molecule has 5 nitrogen and oxygen atoms in total. The second kappa shape index (κ2) is 13.1. The van der Waals surface area contributed by atoms with E-state index in [1.807, 2.05) is 48.5 Å². The van der Waals surface area contributed by atoms with Crippen molar-refractivity contribution in [2.75, 3.05) is 5.32 Å². The molecule has 0 aliphatic rings. The van der Waals surface area contributed by atoms with Crippen molar-refractivity contribution in [3.63, 3.8) is 0 Å². The molecule has 42 heavy (non-hydrogen) atoms. The third kappa shape index (κ3) is 7.02. The van der Waals surface area contributed by atoms with Crippen molar-refractivity contribution in [3.8, 4) is 0 Å². The largest absolute Gasteiger partial charge is 0.321 e. The highest BCUT2D eigenvalue weighted by Gasteiger charge is 2.16. The van der Waals surface area contributed by atoms with Crippen molar-refractivity contribution >= 4 is 69.4 Å². The van der Waals surface area contributed by atoms with E-state index in [1.165, 1.54) is 6.08 Å². The van der Waals surface area contributed by atoms with E-state index in [0.29, 0.717) is 32.4 Å². The highest BCUT2D eigenvalue weighted by Crippen LogP contribution is 2.23. The molecule has 2 N–H and O–H groups in total. The van der Waals surface area contributed by atoms with Gasteiger partial charge in [0.2, 0.25) is 0 Å². The van der Waals surface area contributed by atoms with Crippen LogP contribution in [0.2, 0.25) is 10.0 Å². The van der Waals surface area contributed by atoms with E-state index in [-0.39, 0.29) is 11.5 Å². The number of hydrogen-bond donors (Lipinski definition) is 2. The van der Waals surface area contributed by atoms with Crippen molar-refractivity contribution < 1.29 is 14.4 Å². The summed E-state index contributed by atoms with van der Waals surface area (Å²) < 4.78 is 0. The lowest BCUT2D eigenvalue weighted by molar-refractivity contribution is -0.113. The summed E-state index contributed by atoms with van der Waals surface area (Å²) in [6, 6.07) is 33.8. The quantitative estimate of drug-likeness (QED) is 0.140. The van der Waals surface area contributed by atoms with E-state index >= 15 is 0 Å².